The number of nitro benzene ring substituents is 1. The van der Waals surface area contributed by atoms with Crippen LogP contribution in [0.3, 0.4) is 0 Å². The third-order valence-electron chi connectivity index (χ3n) is 3.60. The predicted molar refractivity (Wildman–Crippen MR) is 78.5 cm³/mol. The van der Waals surface area contributed by atoms with Crippen LogP contribution < -0.4 is 0 Å². The second-order valence-corrected chi connectivity index (χ2v) is 5.42. The summed E-state index contributed by atoms with van der Waals surface area (Å²) in [7, 11) is 1.55. The van der Waals surface area contributed by atoms with Crippen molar-refractivity contribution in [2.75, 3.05) is 13.6 Å². The van der Waals surface area contributed by atoms with Gasteiger partial charge in [-0.2, -0.15) is 0 Å². The zero-order chi connectivity index (χ0) is 16.3. The van der Waals surface area contributed by atoms with Crippen molar-refractivity contribution in [1.29, 1.82) is 0 Å². The van der Waals surface area contributed by atoms with Crippen molar-refractivity contribution in [1.82, 2.24) is 4.90 Å². The van der Waals surface area contributed by atoms with Crippen molar-refractivity contribution in [2.45, 2.75) is 18.9 Å². The number of nitrogens with zero attached hydrogens (tertiary/aromatic N) is 2. The molecular weight excluding hydrogens is 291 g/mol. The molecular formula is C15H17FN2O4. The van der Waals surface area contributed by atoms with Crippen molar-refractivity contribution in [2.24, 2.45) is 5.92 Å². The Kier molecular flexibility index (Phi) is 4.87. The number of nitro groups is 1. The molecule has 0 heterocycles. The highest BCUT2D eigenvalue weighted by Crippen LogP contribution is 2.32. The fourth-order valence-corrected chi connectivity index (χ4v) is 2.10. The minimum absolute atomic E-state index is 0.149. The van der Waals surface area contributed by atoms with Gasteiger partial charge in [0, 0.05) is 19.7 Å². The molecule has 1 aromatic carbocycles. The number of rotatable bonds is 6. The highest BCUT2D eigenvalue weighted by Gasteiger charge is 2.30. The summed E-state index contributed by atoms with van der Waals surface area (Å²) in [4.78, 5) is 23.4. The lowest BCUT2D eigenvalue weighted by molar-refractivity contribution is -0.385. The lowest BCUT2D eigenvalue weighted by Gasteiger charge is -2.19. The first-order valence-corrected chi connectivity index (χ1v) is 6.93. The van der Waals surface area contributed by atoms with Crippen LogP contribution in [0.5, 0.6) is 0 Å². The van der Waals surface area contributed by atoms with Crippen molar-refractivity contribution in [3.63, 3.8) is 0 Å². The second-order valence-electron chi connectivity index (χ2n) is 5.42. The van der Waals surface area contributed by atoms with Crippen LogP contribution in [-0.4, -0.2) is 40.5 Å². The lowest BCUT2D eigenvalue weighted by Crippen LogP contribution is -2.34. The molecule has 1 N–H and O–H groups in total. The first-order valence-electron chi connectivity index (χ1n) is 6.93. The molecule has 0 radical (unpaired) electrons. The third kappa shape index (κ3) is 4.11. The molecule has 1 atom stereocenters. The molecule has 1 aliphatic rings. The average molecular weight is 308 g/mol. The molecule has 1 fully saturated rings. The molecule has 22 heavy (non-hydrogen) atoms. The van der Waals surface area contributed by atoms with Gasteiger partial charge < -0.3 is 10.0 Å². The Hall–Kier alpha value is -2.28. The van der Waals surface area contributed by atoms with Gasteiger partial charge in [0.05, 0.1) is 22.7 Å². The zero-order valence-corrected chi connectivity index (χ0v) is 12.1. The molecule has 1 aliphatic carbocycles. The zero-order valence-electron chi connectivity index (χ0n) is 12.1. The van der Waals surface area contributed by atoms with Gasteiger partial charge in [-0.25, -0.2) is 4.39 Å². The average Bonchev–Trinajstić information content (AvgIpc) is 3.29. The van der Waals surface area contributed by atoms with Crippen LogP contribution in [0, 0.1) is 21.8 Å². The van der Waals surface area contributed by atoms with Crippen LogP contribution >= 0.6 is 0 Å². The topological polar surface area (TPSA) is 83.7 Å². The molecule has 0 saturated heterocycles. The molecule has 2 rings (SSSR count). The first-order chi connectivity index (χ1) is 10.4. The van der Waals surface area contributed by atoms with Gasteiger partial charge in [-0.1, -0.05) is 0 Å². The predicted octanol–water partition coefficient (Wildman–Crippen LogP) is 1.98. The number of carbonyl (C=O) groups is 1. The van der Waals surface area contributed by atoms with E-state index in [2.05, 4.69) is 0 Å². The maximum absolute atomic E-state index is 13.0. The number of likely N-dealkylation sites (N-methyl/N-ethyl adjacent to an activating group) is 1. The Morgan fingerprint density at radius 3 is 2.86 bits per heavy atom. The molecule has 0 spiro atoms. The van der Waals surface area contributed by atoms with E-state index in [9.17, 15) is 24.4 Å². The number of halogens is 1. The Morgan fingerprint density at radius 2 is 2.27 bits per heavy atom. The van der Waals surface area contributed by atoms with Gasteiger partial charge in [0.2, 0.25) is 5.91 Å². The number of hydrogen-bond donors (Lipinski definition) is 1. The van der Waals surface area contributed by atoms with Gasteiger partial charge in [0.1, 0.15) is 5.82 Å². The fourth-order valence-electron chi connectivity index (χ4n) is 2.10. The summed E-state index contributed by atoms with van der Waals surface area (Å²) < 4.78 is 13.0. The largest absolute Gasteiger partial charge is 0.391 e. The number of amides is 1. The molecule has 0 bridgehead atoms. The molecule has 118 valence electrons. The number of hydrogen-bond acceptors (Lipinski definition) is 4. The van der Waals surface area contributed by atoms with E-state index in [0.29, 0.717) is 0 Å². The van der Waals surface area contributed by atoms with E-state index in [1.165, 1.54) is 23.1 Å². The van der Waals surface area contributed by atoms with Gasteiger partial charge in [-0.05, 0) is 37.0 Å². The molecule has 1 amide bonds. The normalized spacial score (nSPS) is 15.8. The monoisotopic (exact) mass is 308 g/mol. The Labute approximate surface area is 127 Å². The summed E-state index contributed by atoms with van der Waals surface area (Å²) in [5, 5.41) is 20.6. The van der Waals surface area contributed by atoms with Crippen LogP contribution in [0.4, 0.5) is 10.1 Å². The molecule has 7 heteroatoms. The highest BCUT2D eigenvalue weighted by molar-refractivity contribution is 5.92. The summed E-state index contributed by atoms with van der Waals surface area (Å²) in [6.45, 7) is 0.222. The maximum atomic E-state index is 13.0. The molecule has 0 aliphatic heterocycles. The first kappa shape index (κ1) is 16.1. The number of carbonyl (C=O) groups excluding carboxylic acids is 1. The standard InChI is InChI=1S/C15H17FN2O4/c1-17(9-14(19)11-2-3-11)15(20)7-5-10-4-6-12(16)8-13(10)18(21)22/h4-8,11,14,19H,2-3,9H2,1H3. The number of benzene rings is 1. The van der Waals surface area contributed by atoms with Gasteiger partial charge in [0.25, 0.3) is 5.69 Å². The Bertz CT molecular complexity index is 614. The van der Waals surface area contributed by atoms with Gasteiger partial charge >= 0.3 is 0 Å². The van der Waals surface area contributed by atoms with E-state index >= 15 is 0 Å². The Morgan fingerprint density at radius 1 is 1.59 bits per heavy atom. The van der Waals surface area contributed by atoms with E-state index < -0.39 is 22.5 Å². The summed E-state index contributed by atoms with van der Waals surface area (Å²) in [6, 6.07) is 3.15. The number of aliphatic hydroxyl groups excluding tert-OH is 1. The van der Waals surface area contributed by atoms with Crippen molar-refractivity contribution in [3.05, 3.63) is 45.8 Å². The molecule has 0 aromatic heterocycles. The minimum Gasteiger partial charge on any atom is -0.391 e. The molecule has 1 aromatic rings. The number of aliphatic hydroxyl groups is 1. The summed E-state index contributed by atoms with van der Waals surface area (Å²) in [5.41, 5.74) is -0.249. The van der Waals surface area contributed by atoms with E-state index in [1.807, 2.05) is 0 Å². The van der Waals surface area contributed by atoms with Gasteiger partial charge in [-0.15, -0.1) is 0 Å². The maximum Gasteiger partial charge on any atom is 0.279 e. The third-order valence-corrected chi connectivity index (χ3v) is 3.60. The molecule has 1 unspecified atom stereocenters. The van der Waals surface area contributed by atoms with E-state index in [0.717, 1.165) is 25.0 Å². The van der Waals surface area contributed by atoms with Crippen molar-refractivity contribution >= 4 is 17.7 Å². The summed E-state index contributed by atoms with van der Waals surface area (Å²) in [5.74, 6) is -0.824. The van der Waals surface area contributed by atoms with Crippen molar-refractivity contribution in [3.8, 4) is 0 Å². The van der Waals surface area contributed by atoms with Crippen LogP contribution in [0.1, 0.15) is 18.4 Å². The van der Waals surface area contributed by atoms with Crippen LogP contribution in [0.15, 0.2) is 24.3 Å². The van der Waals surface area contributed by atoms with Gasteiger partial charge in [-0.3, -0.25) is 14.9 Å². The minimum atomic E-state index is -0.708. The van der Waals surface area contributed by atoms with E-state index in [1.54, 1.807) is 7.05 Å². The van der Waals surface area contributed by atoms with Gasteiger partial charge in [0.15, 0.2) is 0 Å². The lowest BCUT2D eigenvalue weighted by atomic mass is 10.1. The SMILES string of the molecule is CN(CC(O)C1CC1)C(=O)C=Cc1ccc(F)cc1[N+](=O)[O-]. The molecule has 6 nitrogen and oxygen atoms in total. The van der Waals surface area contributed by atoms with Crippen LogP contribution in [-0.2, 0) is 4.79 Å². The summed E-state index contributed by atoms with van der Waals surface area (Å²) >= 11 is 0. The van der Waals surface area contributed by atoms with E-state index in [4.69, 9.17) is 0 Å². The fraction of sp³-hybridized carbons (Fsp3) is 0.400. The smallest absolute Gasteiger partial charge is 0.279 e. The highest BCUT2D eigenvalue weighted by atomic mass is 19.1. The van der Waals surface area contributed by atoms with Crippen molar-refractivity contribution < 1.29 is 19.2 Å². The Balaban J connectivity index is 2.04. The summed E-state index contributed by atoms with van der Waals surface area (Å²) in [6.07, 6.45) is 3.86. The quantitative estimate of drug-likeness (QED) is 0.495. The molecule has 1 saturated carbocycles. The van der Waals surface area contributed by atoms with Crippen LogP contribution in [0.25, 0.3) is 6.08 Å². The van der Waals surface area contributed by atoms with E-state index in [-0.39, 0.29) is 23.9 Å². The van der Waals surface area contributed by atoms with Crippen LogP contribution in [0.2, 0.25) is 0 Å². The second kappa shape index (κ2) is 6.65.